The number of aldehydes is 1. The van der Waals surface area contributed by atoms with Crippen LogP contribution in [0.3, 0.4) is 0 Å². The second kappa shape index (κ2) is 44.3. The molecule has 0 rings (SSSR count). The lowest BCUT2D eigenvalue weighted by atomic mass is 10.0. The minimum Gasteiger partial charge on any atom is -0.496 e. The second-order valence-electron chi connectivity index (χ2n) is 15.1. The van der Waals surface area contributed by atoms with Gasteiger partial charge in [-0.25, -0.2) is 0 Å². The van der Waals surface area contributed by atoms with Crippen LogP contribution in [0.15, 0.2) is 12.3 Å². The Balaban J connectivity index is 0. The van der Waals surface area contributed by atoms with E-state index in [0.29, 0.717) is 12.5 Å². The number of nitrogens with zero attached hydrogens (tertiary/aromatic N) is 1. The molecular weight excluding hydrogens is 618 g/mol. The maximum atomic E-state index is 10.3. The van der Waals surface area contributed by atoms with Crippen molar-refractivity contribution in [3.8, 4) is 0 Å². The summed E-state index contributed by atoms with van der Waals surface area (Å²) in [6.07, 6.45) is 41.1. The van der Waals surface area contributed by atoms with E-state index in [1.54, 1.807) is 0 Å². The number of hydrogen-bond donors (Lipinski definition) is 1. The van der Waals surface area contributed by atoms with Crippen molar-refractivity contribution in [1.29, 1.82) is 0 Å². The van der Waals surface area contributed by atoms with Crippen molar-refractivity contribution in [2.45, 2.75) is 239 Å². The van der Waals surface area contributed by atoms with Gasteiger partial charge in [0.25, 0.3) is 0 Å². The van der Waals surface area contributed by atoms with Crippen molar-refractivity contribution in [2.24, 2.45) is 0 Å². The zero-order valence-corrected chi connectivity index (χ0v) is 34.8. The van der Waals surface area contributed by atoms with Gasteiger partial charge in [0.2, 0.25) is 0 Å². The van der Waals surface area contributed by atoms with Gasteiger partial charge in [0.1, 0.15) is 6.29 Å². The van der Waals surface area contributed by atoms with Gasteiger partial charge in [0, 0.05) is 26.5 Å². The van der Waals surface area contributed by atoms with Crippen molar-refractivity contribution in [1.82, 2.24) is 4.90 Å². The number of ether oxygens (including phenoxy) is 2. The molecule has 0 aliphatic carbocycles. The highest BCUT2D eigenvalue weighted by molar-refractivity contribution is 5.48. The molecule has 1 atom stereocenters. The lowest BCUT2D eigenvalue weighted by Crippen LogP contribution is -2.29. The lowest BCUT2D eigenvalue weighted by molar-refractivity contribution is -0.107. The van der Waals surface area contributed by atoms with Gasteiger partial charge in [0.15, 0.2) is 0 Å². The minimum absolute atomic E-state index is 0.247. The van der Waals surface area contributed by atoms with Gasteiger partial charge in [-0.3, -0.25) is 0 Å². The van der Waals surface area contributed by atoms with Crippen LogP contribution in [0, 0.1) is 0 Å². The van der Waals surface area contributed by atoms with Crippen LogP contribution in [0.4, 0.5) is 0 Å². The Kier molecular flexibility index (Phi) is 45.3. The smallest absolute Gasteiger partial charge is 0.119 e. The number of aliphatic hydroxyl groups excluding tert-OH is 1. The molecule has 0 radical (unpaired) electrons. The van der Waals surface area contributed by atoms with Crippen molar-refractivity contribution >= 4 is 6.29 Å². The maximum absolute atomic E-state index is 10.3. The summed E-state index contributed by atoms with van der Waals surface area (Å²) >= 11 is 0. The largest absolute Gasteiger partial charge is 0.496 e. The first-order valence-corrected chi connectivity index (χ1v) is 22.1. The SMILES string of the molecule is C=C(CCCCCCC)OC(C)CCCCCCN(CCO)CCCCCCCC=O.CCCCCCCCC(CCCCCCCC)OC. The number of aliphatic hydroxyl groups is 1. The summed E-state index contributed by atoms with van der Waals surface area (Å²) < 4.78 is 11.6. The number of carbonyl (C=O) groups excluding carboxylic acids is 1. The van der Waals surface area contributed by atoms with Crippen molar-refractivity contribution < 1.29 is 19.4 Å². The number of hydrogen-bond acceptors (Lipinski definition) is 5. The molecule has 0 aliphatic heterocycles. The quantitative estimate of drug-likeness (QED) is 0.0390. The molecule has 0 aromatic carbocycles. The molecule has 5 nitrogen and oxygen atoms in total. The first-order chi connectivity index (χ1) is 24.5. The third-order valence-corrected chi connectivity index (χ3v) is 10.1. The van der Waals surface area contributed by atoms with Crippen LogP contribution in [-0.4, -0.2) is 61.9 Å². The summed E-state index contributed by atoms with van der Waals surface area (Å²) in [4.78, 5) is 12.7. The summed E-state index contributed by atoms with van der Waals surface area (Å²) in [5.41, 5.74) is 0. The molecule has 0 saturated carbocycles. The molecule has 0 aliphatic rings. The average Bonchev–Trinajstić information content (AvgIpc) is 3.11. The molecule has 1 N–H and O–H groups in total. The van der Waals surface area contributed by atoms with E-state index in [1.165, 1.54) is 167 Å². The molecular formula is C45H91NO4. The molecule has 1 unspecified atom stereocenters. The van der Waals surface area contributed by atoms with Gasteiger partial charge >= 0.3 is 0 Å². The molecule has 0 aromatic rings. The molecule has 0 heterocycles. The Bertz CT molecular complexity index is 641. The van der Waals surface area contributed by atoms with E-state index in [9.17, 15) is 9.90 Å². The van der Waals surface area contributed by atoms with Crippen LogP contribution < -0.4 is 0 Å². The standard InChI is InChI=1S/C27H53NO3.C18H38O/c1-4-5-6-9-14-19-26(2)31-27(3)20-15-10-12-17-22-28(23-25-30)21-16-11-7-8-13-18-24-29;1-4-6-8-10-12-14-16-18(19-3)17-15-13-11-9-7-5-2/h24,27,30H,2,4-23,25H2,1,3H3;18H,4-17H2,1-3H3. The van der Waals surface area contributed by atoms with Crippen LogP contribution in [0.1, 0.15) is 227 Å². The van der Waals surface area contributed by atoms with Crippen molar-refractivity contribution in [3.05, 3.63) is 12.3 Å². The highest BCUT2D eigenvalue weighted by atomic mass is 16.5. The van der Waals surface area contributed by atoms with Crippen LogP contribution in [0.5, 0.6) is 0 Å². The van der Waals surface area contributed by atoms with E-state index in [1.807, 2.05) is 7.11 Å². The van der Waals surface area contributed by atoms with Gasteiger partial charge in [-0.1, -0.05) is 162 Å². The number of allylic oxidation sites excluding steroid dienone is 1. The fraction of sp³-hybridized carbons (Fsp3) is 0.933. The third kappa shape index (κ3) is 41.5. The summed E-state index contributed by atoms with van der Waals surface area (Å²) in [6.45, 7) is 16.3. The molecule has 300 valence electrons. The van der Waals surface area contributed by atoms with Crippen LogP contribution in [0.25, 0.3) is 0 Å². The van der Waals surface area contributed by atoms with Gasteiger partial charge < -0.3 is 24.3 Å². The van der Waals surface area contributed by atoms with Crippen molar-refractivity contribution in [2.75, 3.05) is 33.4 Å². The van der Waals surface area contributed by atoms with Gasteiger partial charge in [-0.15, -0.1) is 0 Å². The van der Waals surface area contributed by atoms with E-state index in [0.717, 1.165) is 57.4 Å². The van der Waals surface area contributed by atoms with E-state index >= 15 is 0 Å². The van der Waals surface area contributed by atoms with E-state index < -0.39 is 0 Å². The molecule has 0 saturated heterocycles. The monoisotopic (exact) mass is 710 g/mol. The topological polar surface area (TPSA) is 59.0 Å². The van der Waals surface area contributed by atoms with Crippen LogP contribution >= 0.6 is 0 Å². The Hall–Kier alpha value is -0.910. The summed E-state index contributed by atoms with van der Waals surface area (Å²) in [7, 11) is 1.89. The Morgan fingerprint density at radius 2 is 1.02 bits per heavy atom. The Morgan fingerprint density at radius 1 is 0.600 bits per heavy atom. The zero-order valence-electron chi connectivity index (χ0n) is 34.8. The normalized spacial score (nSPS) is 11.9. The summed E-state index contributed by atoms with van der Waals surface area (Å²) in [6, 6.07) is 0. The second-order valence-corrected chi connectivity index (χ2v) is 15.1. The number of carbonyl (C=O) groups is 1. The predicted molar refractivity (Wildman–Crippen MR) is 220 cm³/mol. The minimum atomic E-state index is 0.247. The number of unbranched alkanes of at least 4 members (excludes halogenated alkanes) is 22. The van der Waals surface area contributed by atoms with E-state index in [4.69, 9.17) is 9.47 Å². The first-order valence-electron chi connectivity index (χ1n) is 22.1. The highest BCUT2D eigenvalue weighted by Gasteiger charge is 2.08. The van der Waals surface area contributed by atoms with E-state index in [-0.39, 0.29) is 12.7 Å². The highest BCUT2D eigenvalue weighted by Crippen LogP contribution is 2.17. The maximum Gasteiger partial charge on any atom is 0.119 e. The first kappa shape index (κ1) is 51.2. The molecule has 0 bridgehead atoms. The molecule has 0 aromatic heterocycles. The average molecular weight is 710 g/mol. The zero-order chi connectivity index (χ0) is 37.2. The third-order valence-electron chi connectivity index (χ3n) is 10.1. The predicted octanol–water partition coefficient (Wildman–Crippen LogP) is 13.6. The molecule has 0 fully saturated rings. The molecule has 0 spiro atoms. The number of methoxy groups -OCH3 is 1. The molecule has 0 amide bonds. The van der Waals surface area contributed by atoms with Gasteiger partial charge in [0.05, 0.1) is 24.6 Å². The Labute approximate surface area is 314 Å². The molecule has 50 heavy (non-hydrogen) atoms. The van der Waals surface area contributed by atoms with Crippen LogP contribution in [-0.2, 0) is 14.3 Å². The van der Waals surface area contributed by atoms with Gasteiger partial charge in [-0.05, 0) is 71.4 Å². The molecule has 5 heteroatoms. The van der Waals surface area contributed by atoms with Crippen LogP contribution in [0.2, 0.25) is 0 Å². The fourth-order valence-corrected chi connectivity index (χ4v) is 6.70. The fourth-order valence-electron chi connectivity index (χ4n) is 6.70. The van der Waals surface area contributed by atoms with E-state index in [2.05, 4.69) is 39.2 Å². The summed E-state index contributed by atoms with van der Waals surface area (Å²) in [5, 5.41) is 9.31. The summed E-state index contributed by atoms with van der Waals surface area (Å²) in [5.74, 6) is 0.965. The lowest BCUT2D eigenvalue weighted by Gasteiger charge is -2.21. The van der Waals surface area contributed by atoms with Gasteiger partial charge in [-0.2, -0.15) is 0 Å². The van der Waals surface area contributed by atoms with Crippen molar-refractivity contribution in [3.63, 3.8) is 0 Å². The Morgan fingerprint density at radius 3 is 1.48 bits per heavy atom. The number of rotatable bonds is 40.